The molecule has 1 aromatic carbocycles. The second kappa shape index (κ2) is 7.46. The summed E-state index contributed by atoms with van der Waals surface area (Å²) in [7, 11) is 1.29. The van der Waals surface area contributed by atoms with Crippen LogP contribution in [-0.2, 0) is 15.3 Å². The van der Waals surface area contributed by atoms with Crippen LogP contribution in [0.4, 0.5) is 5.69 Å². The summed E-state index contributed by atoms with van der Waals surface area (Å²) in [5, 5.41) is 10.6. The Morgan fingerprint density at radius 1 is 1.63 bits per heavy atom. The minimum absolute atomic E-state index is 0.0342. The number of carbonyl (C=O) groups is 1. The standard InChI is InChI=1S/C11H13BrN2O4S/c1-18-11(15)10(13)6-19-5-7-2-3-8(14(16)17)4-9(7)12/h2-4,10H,5-6,13H2,1H3. The van der Waals surface area contributed by atoms with Crippen LogP contribution in [0.5, 0.6) is 0 Å². The highest BCUT2D eigenvalue weighted by Crippen LogP contribution is 2.26. The number of methoxy groups -OCH3 is 1. The molecule has 0 saturated carbocycles. The highest BCUT2D eigenvalue weighted by atomic mass is 79.9. The minimum atomic E-state index is -0.660. The van der Waals surface area contributed by atoms with E-state index in [1.165, 1.54) is 31.0 Å². The summed E-state index contributed by atoms with van der Waals surface area (Å²) in [6, 6.07) is 3.92. The maximum absolute atomic E-state index is 11.1. The van der Waals surface area contributed by atoms with Gasteiger partial charge in [0.15, 0.2) is 0 Å². The van der Waals surface area contributed by atoms with E-state index in [0.29, 0.717) is 16.0 Å². The molecule has 2 N–H and O–H groups in total. The Hall–Kier alpha value is -1.12. The first kappa shape index (κ1) is 15.9. The van der Waals surface area contributed by atoms with E-state index in [9.17, 15) is 14.9 Å². The number of ether oxygens (including phenoxy) is 1. The van der Waals surface area contributed by atoms with Crippen LogP contribution in [0.2, 0.25) is 0 Å². The SMILES string of the molecule is COC(=O)C(N)CSCc1ccc([N+](=O)[O-])cc1Br. The van der Waals surface area contributed by atoms with Crippen LogP contribution in [0, 0.1) is 10.1 Å². The van der Waals surface area contributed by atoms with E-state index in [-0.39, 0.29) is 5.69 Å². The van der Waals surface area contributed by atoms with Crippen molar-refractivity contribution in [2.24, 2.45) is 5.73 Å². The average molecular weight is 349 g/mol. The van der Waals surface area contributed by atoms with Crippen LogP contribution in [-0.4, -0.2) is 29.8 Å². The third-order valence-electron chi connectivity index (χ3n) is 2.31. The molecule has 0 aliphatic carbocycles. The van der Waals surface area contributed by atoms with Crippen molar-refractivity contribution in [2.45, 2.75) is 11.8 Å². The summed E-state index contributed by atoms with van der Waals surface area (Å²) in [4.78, 5) is 21.2. The Bertz CT molecular complexity index is 484. The largest absolute Gasteiger partial charge is 0.468 e. The Balaban J connectivity index is 2.54. The van der Waals surface area contributed by atoms with Crippen LogP contribution in [0.15, 0.2) is 22.7 Å². The van der Waals surface area contributed by atoms with Crippen LogP contribution < -0.4 is 5.73 Å². The molecule has 1 atom stereocenters. The Kier molecular flexibility index (Phi) is 6.26. The molecule has 0 amide bonds. The fraction of sp³-hybridized carbons (Fsp3) is 0.364. The topological polar surface area (TPSA) is 95.5 Å². The van der Waals surface area contributed by atoms with E-state index in [0.717, 1.165) is 5.56 Å². The Morgan fingerprint density at radius 2 is 2.32 bits per heavy atom. The normalized spacial score (nSPS) is 11.9. The lowest BCUT2D eigenvalue weighted by molar-refractivity contribution is -0.384. The van der Waals surface area contributed by atoms with Crippen LogP contribution >= 0.6 is 27.7 Å². The van der Waals surface area contributed by atoms with E-state index in [2.05, 4.69) is 20.7 Å². The van der Waals surface area contributed by atoms with Crippen molar-refractivity contribution < 1.29 is 14.5 Å². The van der Waals surface area contributed by atoms with Crippen molar-refractivity contribution in [3.63, 3.8) is 0 Å². The molecule has 0 aliphatic rings. The van der Waals surface area contributed by atoms with Crippen LogP contribution in [0.1, 0.15) is 5.56 Å². The molecule has 0 bridgehead atoms. The van der Waals surface area contributed by atoms with E-state index in [1.807, 2.05) is 0 Å². The molecular weight excluding hydrogens is 336 g/mol. The summed E-state index contributed by atoms with van der Waals surface area (Å²) < 4.78 is 5.19. The minimum Gasteiger partial charge on any atom is -0.468 e. The number of nitrogens with two attached hydrogens (primary N) is 1. The lowest BCUT2D eigenvalue weighted by Crippen LogP contribution is -2.33. The van der Waals surface area contributed by atoms with Crippen molar-refractivity contribution in [1.29, 1.82) is 0 Å². The summed E-state index contributed by atoms with van der Waals surface area (Å²) in [5.41, 5.74) is 6.54. The molecule has 1 rings (SSSR count). The number of nitrogens with zero attached hydrogens (tertiary/aromatic N) is 1. The zero-order valence-corrected chi connectivity index (χ0v) is 12.6. The molecule has 0 radical (unpaired) electrons. The number of non-ortho nitro benzene ring substituents is 1. The van der Waals surface area contributed by atoms with Gasteiger partial charge < -0.3 is 10.5 Å². The van der Waals surface area contributed by atoms with Crippen LogP contribution in [0.25, 0.3) is 0 Å². The maximum Gasteiger partial charge on any atom is 0.323 e. The molecule has 0 saturated heterocycles. The molecule has 1 unspecified atom stereocenters. The highest BCUT2D eigenvalue weighted by molar-refractivity contribution is 9.10. The second-order valence-electron chi connectivity index (χ2n) is 3.68. The van der Waals surface area contributed by atoms with Crippen molar-refractivity contribution in [3.8, 4) is 0 Å². The molecule has 1 aromatic rings. The van der Waals surface area contributed by atoms with Gasteiger partial charge in [0.25, 0.3) is 5.69 Å². The summed E-state index contributed by atoms with van der Waals surface area (Å²) in [6.07, 6.45) is 0. The van der Waals surface area contributed by atoms with Gasteiger partial charge in [-0.25, -0.2) is 0 Å². The summed E-state index contributed by atoms with van der Waals surface area (Å²) >= 11 is 4.75. The number of nitro groups is 1. The average Bonchev–Trinajstić information content (AvgIpc) is 2.39. The lowest BCUT2D eigenvalue weighted by Gasteiger charge is -2.09. The van der Waals surface area contributed by atoms with Gasteiger partial charge in [-0.2, -0.15) is 11.8 Å². The van der Waals surface area contributed by atoms with Gasteiger partial charge in [-0.3, -0.25) is 14.9 Å². The number of hydrogen-bond acceptors (Lipinski definition) is 6. The van der Waals surface area contributed by atoms with E-state index >= 15 is 0 Å². The number of hydrogen-bond donors (Lipinski definition) is 1. The molecule has 104 valence electrons. The Morgan fingerprint density at radius 3 is 2.84 bits per heavy atom. The first-order valence-electron chi connectivity index (χ1n) is 5.29. The van der Waals surface area contributed by atoms with Crippen molar-refractivity contribution in [3.05, 3.63) is 38.3 Å². The summed E-state index contributed by atoms with van der Waals surface area (Å²) in [6.45, 7) is 0. The van der Waals surface area contributed by atoms with E-state index in [4.69, 9.17) is 5.73 Å². The molecular formula is C11H13BrN2O4S. The first-order chi connectivity index (χ1) is 8.95. The van der Waals surface area contributed by atoms with E-state index in [1.54, 1.807) is 6.07 Å². The van der Waals surface area contributed by atoms with Gasteiger partial charge in [-0.15, -0.1) is 0 Å². The zero-order chi connectivity index (χ0) is 14.4. The number of halogens is 1. The molecule has 8 heteroatoms. The third-order valence-corrected chi connectivity index (χ3v) is 4.15. The fourth-order valence-electron chi connectivity index (χ4n) is 1.28. The highest BCUT2D eigenvalue weighted by Gasteiger charge is 2.14. The first-order valence-corrected chi connectivity index (χ1v) is 7.24. The van der Waals surface area contributed by atoms with Crippen LogP contribution in [0.3, 0.4) is 0 Å². The van der Waals surface area contributed by atoms with Gasteiger partial charge in [-0.05, 0) is 5.56 Å². The maximum atomic E-state index is 11.1. The molecule has 0 heterocycles. The molecule has 0 aromatic heterocycles. The summed E-state index contributed by atoms with van der Waals surface area (Å²) in [5.74, 6) is 0.578. The second-order valence-corrected chi connectivity index (χ2v) is 5.56. The number of thioether (sulfide) groups is 1. The van der Waals surface area contributed by atoms with Gasteiger partial charge in [0, 0.05) is 28.1 Å². The smallest absolute Gasteiger partial charge is 0.323 e. The Labute approximate surface area is 123 Å². The molecule has 0 spiro atoms. The van der Waals surface area contributed by atoms with Gasteiger partial charge in [-0.1, -0.05) is 22.0 Å². The lowest BCUT2D eigenvalue weighted by atomic mass is 10.2. The van der Waals surface area contributed by atoms with Crippen molar-refractivity contribution >= 4 is 39.3 Å². The van der Waals surface area contributed by atoms with E-state index < -0.39 is 16.9 Å². The van der Waals surface area contributed by atoms with Gasteiger partial charge in [0.05, 0.1) is 12.0 Å². The molecule has 0 aliphatic heterocycles. The molecule has 19 heavy (non-hydrogen) atoms. The fourth-order valence-corrected chi connectivity index (χ4v) is 2.95. The number of benzene rings is 1. The van der Waals surface area contributed by atoms with Gasteiger partial charge in [0.2, 0.25) is 0 Å². The molecule has 0 fully saturated rings. The monoisotopic (exact) mass is 348 g/mol. The number of nitro benzene ring substituents is 1. The number of carbonyl (C=O) groups excluding carboxylic acids is 1. The zero-order valence-electron chi connectivity index (χ0n) is 10.2. The van der Waals surface area contributed by atoms with Crippen molar-refractivity contribution in [2.75, 3.05) is 12.9 Å². The van der Waals surface area contributed by atoms with Gasteiger partial charge in [0.1, 0.15) is 6.04 Å². The third kappa shape index (κ3) is 4.81. The predicted octanol–water partition coefficient (Wildman–Crippen LogP) is 2.09. The number of esters is 1. The predicted molar refractivity (Wildman–Crippen MR) is 76.9 cm³/mol. The van der Waals surface area contributed by atoms with Gasteiger partial charge >= 0.3 is 5.97 Å². The quantitative estimate of drug-likeness (QED) is 0.480. The number of rotatable bonds is 6. The van der Waals surface area contributed by atoms with Crippen molar-refractivity contribution in [1.82, 2.24) is 0 Å². The molecule has 6 nitrogen and oxygen atoms in total.